The molecule has 6 heteroatoms. The lowest BCUT2D eigenvalue weighted by Crippen LogP contribution is -2.37. The average molecular weight is 394 g/mol. The van der Waals surface area contributed by atoms with Gasteiger partial charge in [-0.1, -0.05) is 49.0 Å². The third-order valence-corrected chi connectivity index (χ3v) is 5.76. The number of oxazole rings is 1. The highest BCUT2D eigenvalue weighted by Gasteiger charge is 2.11. The number of carbonyl (C=O) groups is 1. The number of amides is 1. The normalized spacial score (nSPS) is 16.6. The number of allylic oxidation sites excluding steroid dienone is 2. The van der Waals surface area contributed by atoms with Crippen molar-refractivity contribution in [2.75, 3.05) is 0 Å². The summed E-state index contributed by atoms with van der Waals surface area (Å²) in [5.41, 5.74) is 10.3. The third-order valence-electron chi connectivity index (χ3n) is 4.86. The van der Waals surface area contributed by atoms with Gasteiger partial charge in [-0.05, 0) is 55.0 Å². The van der Waals surface area contributed by atoms with Gasteiger partial charge in [-0.2, -0.15) is 0 Å². The number of nitrogens with one attached hydrogen (secondary N) is 2. The number of aromatic nitrogens is 1. The molecule has 0 aliphatic heterocycles. The van der Waals surface area contributed by atoms with E-state index < -0.39 is 0 Å². The topological polar surface area (TPSA) is 67.2 Å². The number of para-hydroxylation sites is 2. The third kappa shape index (κ3) is 4.57. The maximum atomic E-state index is 12.3. The van der Waals surface area contributed by atoms with Gasteiger partial charge >= 0.3 is 0 Å². The van der Waals surface area contributed by atoms with Crippen LogP contribution in [0.3, 0.4) is 0 Å². The molecule has 3 aromatic rings. The molecule has 1 aliphatic carbocycles. The predicted octanol–water partition coefficient (Wildman–Crippen LogP) is 5.06. The fourth-order valence-corrected chi connectivity index (χ4v) is 3.89. The average Bonchev–Trinajstić information content (AvgIpc) is 3.15. The molecule has 144 valence electrons. The van der Waals surface area contributed by atoms with Crippen LogP contribution >= 0.6 is 11.8 Å². The van der Waals surface area contributed by atoms with Crippen LogP contribution in [0.25, 0.3) is 11.1 Å². The van der Waals surface area contributed by atoms with Crippen molar-refractivity contribution in [3.05, 3.63) is 71.4 Å². The van der Waals surface area contributed by atoms with E-state index in [-0.39, 0.29) is 5.91 Å². The van der Waals surface area contributed by atoms with Crippen LogP contribution in [0.2, 0.25) is 0 Å². The van der Waals surface area contributed by atoms with Crippen LogP contribution < -0.4 is 10.9 Å². The van der Waals surface area contributed by atoms with Gasteiger partial charge in [0.1, 0.15) is 5.52 Å². The summed E-state index contributed by atoms with van der Waals surface area (Å²) in [6.45, 7) is 2.25. The zero-order valence-corrected chi connectivity index (χ0v) is 16.6. The Bertz CT molecular complexity index is 961. The van der Waals surface area contributed by atoms with Gasteiger partial charge in [0.2, 0.25) is 0 Å². The second-order valence-corrected chi connectivity index (χ2v) is 8.05. The van der Waals surface area contributed by atoms with Gasteiger partial charge in [-0.15, -0.1) is 0 Å². The van der Waals surface area contributed by atoms with E-state index in [1.807, 2.05) is 48.5 Å². The number of rotatable bonds is 6. The minimum Gasteiger partial charge on any atom is -0.431 e. The quantitative estimate of drug-likeness (QED) is 0.453. The second kappa shape index (κ2) is 8.52. The monoisotopic (exact) mass is 393 g/mol. The summed E-state index contributed by atoms with van der Waals surface area (Å²) in [5, 5.41) is 0.655. The van der Waals surface area contributed by atoms with Crippen molar-refractivity contribution < 1.29 is 9.21 Å². The standard InChI is InChI=1S/C22H23N3O2S/c1-15-6-12-18(13-7-15)24-25-21(26)17-10-8-16(9-11-17)14-28-22-23-19-4-2-3-5-20(19)27-22/h2-5,8-12,15,24H,6-7,13-14H2,1H3,(H,25,26)/t15-/m0/s1. The van der Waals surface area contributed by atoms with Crippen LogP contribution in [-0.2, 0) is 5.75 Å². The van der Waals surface area contributed by atoms with Gasteiger partial charge in [0, 0.05) is 17.0 Å². The van der Waals surface area contributed by atoms with Crippen molar-refractivity contribution in [1.82, 2.24) is 15.8 Å². The van der Waals surface area contributed by atoms with Crippen molar-refractivity contribution in [2.24, 2.45) is 5.92 Å². The molecule has 1 heterocycles. The van der Waals surface area contributed by atoms with Crippen LogP contribution in [0.5, 0.6) is 0 Å². The van der Waals surface area contributed by atoms with E-state index in [9.17, 15) is 4.79 Å². The number of carbonyl (C=O) groups excluding carboxylic acids is 1. The summed E-state index contributed by atoms with van der Waals surface area (Å²) >= 11 is 1.54. The predicted molar refractivity (Wildman–Crippen MR) is 112 cm³/mol. The summed E-state index contributed by atoms with van der Waals surface area (Å²) in [4.78, 5) is 16.8. The lowest BCUT2D eigenvalue weighted by Gasteiger charge is -2.19. The van der Waals surface area contributed by atoms with Crippen molar-refractivity contribution in [3.8, 4) is 0 Å². The Hall–Kier alpha value is -2.73. The Morgan fingerprint density at radius 2 is 2.04 bits per heavy atom. The first-order valence-electron chi connectivity index (χ1n) is 9.50. The molecule has 0 unspecified atom stereocenters. The van der Waals surface area contributed by atoms with Crippen LogP contribution in [0.1, 0.15) is 42.1 Å². The maximum Gasteiger partial charge on any atom is 0.269 e. The molecule has 0 fully saturated rings. The molecular weight excluding hydrogens is 370 g/mol. The van der Waals surface area contributed by atoms with E-state index in [2.05, 4.69) is 28.8 Å². The summed E-state index contributed by atoms with van der Waals surface area (Å²) in [5.74, 6) is 1.33. The van der Waals surface area contributed by atoms with Crippen LogP contribution in [0.4, 0.5) is 0 Å². The van der Waals surface area contributed by atoms with Crippen LogP contribution in [-0.4, -0.2) is 10.9 Å². The van der Waals surface area contributed by atoms with Gasteiger partial charge in [-0.3, -0.25) is 10.2 Å². The van der Waals surface area contributed by atoms with Gasteiger partial charge in [0.25, 0.3) is 11.1 Å². The zero-order chi connectivity index (χ0) is 19.3. The number of nitrogens with zero attached hydrogens (tertiary/aromatic N) is 1. The Kier molecular flexibility index (Phi) is 5.67. The number of benzene rings is 2. The van der Waals surface area contributed by atoms with E-state index in [0.29, 0.717) is 10.8 Å². The lowest BCUT2D eigenvalue weighted by molar-refractivity contribution is 0.0938. The molecular formula is C22H23N3O2S. The number of hydrogen-bond donors (Lipinski definition) is 2. The second-order valence-electron chi connectivity index (χ2n) is 7.12. The molecule has 28 heavy (non-hydrogen) atoms. The molecule has 1 atom stereocenters. The lowest BCUT2D eigenvalue weighted by atomic mass is 9.95. The molecule has 0 spiro atoms. The fraction of sp³-hybridized carbons (Fsp3) is 0.273. The minimum atomic E-state index is -0.127. The van der Waals surface area contributed by atoms with E-state index in [0.717, 1.165) is 53.3 Å². The largest absolute Gasteiger partial charge is 0.431 e. The molecule has 0 bridgehead atoms. The van der Waals surface area contributed by atoms with E-state index >= 15 is 0 Å². The Labute approximate surface area is 168 Å². The van der Waals surface area contributed by atoms with Crippen LogP contribution in [0.15, 0.2) is 69.9 Å². The van der Waals surface area contributed by atoms with Gasteiger partial charge in [0.05, 0.1) is 0 Å². The summed E-state index contributed by atoms with van der Waals surface area (Å²) in [6, 6.07) is 15.4. The molecule has 0 saturated carbocycles. The molecule has 1 amide bonds. The smallest absolute Gasteiger partial charge is 0.269 e. The Morgan fingerprint density at radius 3 is 2.79 bits per heavy atom. The highest BCUT2D eigenvalue weighted by molar-refractivity contribution is 7.98. The fourth-order valence-electron chi connectivity index (χ4n) is 3.10. The summed E-state index contributed by atoms with van der Waals surface area (Å²) in [6.07, 6.45) is 5.36. The highest BCUT2D eigenvalue weighted by Crippen LogP contribution is 2.26. The first-order valence-corrected chi connectivity index (χ1v) is 10.5. The first kappa shape index (κ1) is 18.6. The van der Waals surface area contributed by atoms with Gasteiger partial charge < -0.3 is 9.84 Å². The SMILES string of the molecule is C[C@H]1CC=C(NNC(=O)c2ccc(CSc3nc4ccccc4o3)cc2)CC1. The molecule has 1 aliphatic rings. The van der Waals surface area contributed by atoms with Crippen LogP contribution in [0, 0.1) is 5.92 Å². The van der Waals surface area contributed by atoms with Gasteiger partial charge in [-0.25, -0.2) is 4.98 Å². The Morgan fingerprint density at radius 1 is 1.21 bits per heavy atom. The van der Waals surface area contributed by atoms with Gasteiger partial charge in [0.15, 0.2) is 5.58 Å². The number of hydrogen-bond acceptors (Lipinski definition) is 5. The molecule has 0 saturated heterocycles. The summed E-state index contributed by atoms with van der Waals surface area (Å²) in [7, 11) is 0. The van der Waals surface area contributed by atoms with Crippen molar-refractivity contribution in [3.63, 3.8) is 0 Å². The molecule has 2 N–H and O–H groups in total. The zero-order valence-electron chi connectivity index (χ0n) is 15.8. The van der Waals surface area contributed by atoms with Crippen molar-refractivity contribution in [1.29, 1.82) is 0 Å². The number of fused-ring (bicyclic) bond motifs is 1. The molecule has 0 radical (unpaired) electrons. The first-order chi connectivity index (χ1) is 13.7. The van der Waals surface area contributed by atoms with E-state index in [1.54, 1.807) is 11.8 Å². The number of hydrazine groups is 1. The number of thioether (sulfide) groups is 1. The summed E-state index contributed by atoms with van der Waals surface area (Å²) < 4.78 is 5.72. The van der Waals surface area contributed by atoms with E-state index in [4.69, 9.17) is 4.42 Å². The molecule has 2 aromatic carbocycles. The molecule has 4 rings (SSSR count). The molecule has 5 nitrogen and oxygen atoms in total. The van der Waals surface area contributed by atoms with Crippen molar-refractivity contribution in [2.45, 2.75) is 37.2 Å². The minimum absolute atomic E-state index is 0.127. The maximum absolute atomic E-state index is 12.3. The Balaban J connectivity index is 1.30. The van der Waals surface area contributed by atoms with E-state index in [1.165, 1.54) is 0 Å². The van der Waals surface area contributed by atoms with Crippen molar-refractivity contribution >= 4 is 28.8 Å². The highest BCUT2D eigenvalue weighted by atomic mass is 32.2. The molecule has 1 aromatic heterocycles.